The molecule has 0 saturated carbocycles. The molecule has 2 N–H and O–H groups in total. The minimum Gasteiger partial charge on any atom is -0.469 e. The quantitative estimate of drug-likeness (QED) is 0.583. The number of carbonyl (C=O) groups excluding carboxylic acids is 1. The van der Waals surface area contributed by atoms with Gasteiger partial charge in [-0.05, 0) is 18.2 Å². The smallest absolute Gasteiger partial charge is 0.306 e. The Bertz CT molecular complexity index is 628. The normalized spacial score (nSPS) is 10.5. The molecule has 0 fully saturated rings. The fourth-order valence-corrected chi connectivity index (χ4v) is 2.43. The molecule has 0 atom stereocenters. The zero-order chi connectivity index (χ0) is 15.0. The van der Waals surface area contributed by atoms with Crippen molar-refractivity contribution in [3.8, 4) is 11.8 Å². The lowest BCUT2D eigenvalue weighted by molar-refractivity contribution is -0.140. The van der Waals surface area contributed by atoms with Crippen molar-refractivity contribution in [1.29, 1.82) is 0 Å². The molecule has 1 aromatic rings. The van der Waals surface area contributed by atoms with Gasteiger partial charge in [0.2, 0.25) is 10.0 Å². The second kappa shape index (κ2) is 7.65. The Hall–Kier alpha value is -1.88. The number of nitrogens with one attached hydrogen (secondary N) is 1. The Kier molecular flexibility index (Phi) is 6.18. The number of aliphatic hydroxyl groups excluding tert-OH is 1. The molecule has 0 aliphatic rings. The van der Waals surface area contributed by atoms with E-state index in [0.29, 0.717) is 5.56 Å². The first-order valence-corrected chi connectivity index (χ1v) is 7.24. The van der Waals surface area contributed by atoms with Crippen molar-refractivity contribution in [2.75, 3.05) is 20.3 Å². The molecule has 0 unspecified atom stereocenters. The topological polar surface area (TPSA) is 92.7 Å². The van der Waals surface area contributed by atoms with Crippen LogP contribution in [0.15, 0.2) is 29.2 Å². The van der Waals surface area contributed by atoms with Crippen LogP contribution in [0.3, 0.4) is 0 Å². The predicted octanol–water partition coefficient (Wildman–Crippen LogP) is -0.128. The number of hydrogen-bond donors (Lipinski definition) is 2. The van der Waals surface area contributed by atoms with Gasteiger partial charge in [0.1, 0.15) is 6.61 Å². The number of ether oxygens (including phenoxy) is 1. The molecule has 20 heavy (non-hydrogen) atoms. The van der Waals surface area contributed by atoms with Gasteiger partial charge in [-0.2, -0.15) is 0 Å². The van der Waals surface area contributed by atoms with Gasteiger partial charge in [0.15, 0.2) is 0 Å². The van der Waals surface area contributed by atoms with Crippen LogP contribution in [0.1, 0.15) is 12.0 Å². The van der Waals surface area contributed by atoms with Crippen LogP contribution in [-0.2, 0) is 19.6 Å². The van der Waals surface area contributed by atoms with Crippen molar-refractivity contribution >= 4 is 16.0 Å². The highest BCUT2D eigenvalue weighted by atomic mass is 32.2. The summed E-state index contributed by atoms with van der Waals surface area (Å²) in [6.45, 7) is -0.337. The minimum atomic E-state index is -3.70. The standard InChI is InChI=1S/C13H15NO5S/c1-19-13(16)7-8-14-20(17,18)12-6-2-4-11(10-12)5-3-9-15/h2,4,6,10,14-15H,7-9H2,1H3. The molecule has 7 heteroatoms. The molecule has 6 nitrogen and oxygen atoms in total. The summed E-state index contributed by atoms with van der Waals surface area (Å²) < 4.78 is 30.7. The molecule has 0 aliphatic carbocycles. The lowest BCUT2D eigenvalue weighted by Gasteiger charge is -2.06. The summed E-state index contributed by atoms with van der Waals surface area (Å²) in [5.41, 5.74) is 0.481. The summed E-state index contributed by atoms with van der Waals surface area (Å²) in [6, 6.07) is 6.00. The van der Waals surface area contributed by atoms with E-state index in [0.717, 1.165) is 0 Å². The van der Waals surface area contributed by atoms with E-state index in [4.69, 9.17) is 5.11 Å². The Balaban J connectivity index is 2.79. The van der Waals surface area contributed by atoms with Crippen LogP contribution in [0.2, 0.25) is 0 Å². The van der Waals surface area contributed by atoms with E-state index in [1.54, 1.807) is 12.1 Å². The van der Waals surface area contributed by atoms with Crippen molar-refractivity contribution in [3.05, 3.63) is 29.8 Å². The molecule has 0 amide bonds. The van der Waals surface area contributed by atoms with Crippen LogP contribution in [0, 0.1) is 11.8 Å². The van der Waals surface area contributed by atoms with Crippen molar-refractivity contribution in [3.63, 3.8) is 0 Å². The van der Waals surface area contributed by atoms with Crippen LogP contribution < -0.4 is 4.72 Å². The largest absolute Gasteiger partial charge is 0.469 e. The molecule has 0 spiro atoms. The fourth-order valence-electron chi connectivity index (χ4n) is 1.36. The van der Waals surface area contributed by atoms with Crippen molar-refractivity contribution < 1.29 is 23.1 Å². The van der Waals surface area contributed by atoms with E-state index in [2.05, 4.69) is 21.3 Å². The van der Waals surface area contributed by atoms with Gasteiger partial charge < -0.3 is 9.84 Å². The van der Waals surface area contributed by atoms with Gasteiger partial charge in [0.25, 0.3) is 0 Å². The summed E-state index contributed by atoms with van der Waals surface area (Å²) in [5.74, 6) is 4.57. The number of methoxy groups -OCH3 is 1. The first-order valence-electron chi connectivity index (χ1n) is 5.76. The van der Waals surface area contributed by atoms with E-state index in [1.165, 1.54) is 19.2 Å². The number of hydrogen-bond acceptors (Lipinski definition) is 5. The van der Waals surface area contributed by atoms with Gasteiger partial charge in [0, 0.05) is 12.1 Å². The van der Waals surface area contributed by atoms with Crippen LogP contribution >= 0.6 is 0 Å². The third kappa shape index (κ3) is 5.01. The van der Waals surface area contributed by atoms with Crippen LogP contribution in [-0.4, -0.2) is 39.8 Å². The average Bonchev–Trinajstić information content (AvgIpc) is 2.45. The molecule has 0 aliphatic heterocycles. The Morgan fingerprint density at radius 3 is 2.85 bits per heavy atom. The number of benzene rings is 1. The fraction of sp³-hybridized carbons (Fsp3) is 0.308. The van der Waals surface area contributed by atoms with E-state index < -0.39 is 16.0 Å². The molecule has 0 aromatic heterocycles. The lowest BCUT2D eigenvalue weighted by Crippen LogP contribution is -2.26. The number of aliphatic hydroxyl groups is 1. The van der Waals surface area contributed by atoms with E-state index in [-0.39, 0.29) is 24.5 Å². The third-order valence-corrected chi connectivity index (χ3v) is 3.76. The second-order valence-corrected chi connectivity index (χ2v) is 5.48. The molecule has 108 valence electrons. The van der Waals surface area contributed by atoms with Gasteiger partial charge >= 0.3 is 5.97 Å². The molecular formula is C13H15NO5S. The minimum absolute atomic E-state index is 0.0401. The van der Waals surface area contributed by atoms with Gasteiger partial charge in [-0.3, -0.25) is 4.79 Å². The van der Waals surface area contributed by atoms with Crippen molar-refractivity contribution in [2.24, 2.45) is 0 Å². The molecule has 0 heterocycles. The molecule has 1 aromatic carbocycles. The van der Waals surface area contributed by atoms with Gasteiger partial charge in [-0.15, -0.1) is 0 Å². The molecular weight excluding hydrogens is 282 g/mol. The highest BCUT2D eigenvalue weighted by Gasteiger charge is 2.14. The zero-order valence-electron chi connectivity index (χ0n) is 10.9. The van der Waals surface area contributed by atoms with E-state index in [1.807, 2.05) is 0 Å². The summed E-state index contributed by atoms with van der Waals surface area (Å²) in [7, 11) is -2.46. The summed E-state index contributed by atoms with van der Waals surface area (Å²) >= 11 is 0. The highest BCUT2D eigenvalue weighted by molar-refractivity contribution is 7.89. The monoisotopic (exact) mass is 297 g/mol. The number of sulfonamides is 1. The van der Waals surface area contributed by atoms with Crippen LogP contribution in [0.25, 0.3) is 0 Å². The van der Waals surface area contributed by atoms with E-state index >= 15 is 0 Å². The van der Waals surface area contributed by atoms with Crippen LogP contribution in [0.4, 0.5) is 0 Å². The Morgan fingerprint density at radius 2 is 2.20 bits per heavy atom. The molecule has 0 saturated heterocycles. The summed E-state index contributed by atoms with van der Waals surface area (Å²) in [6.07, 6.45) is -0.0419. The summed E-state index contributed by atoms with van der Waals surface area (Å²) in [4.78, 5) is 11.0. The van der Waals surface area contributed by atoms with Gasteiger partial charge in [-0.1, -0.05) is 17.9 Å². The molecule has 0 bridgehead atoms. The predicted molar refractivity (Wildman–Crippen MR) is 72.2 cm³/mol. The number of carbonyl (C=O) groups is 1. The Morgan fingerprint density at radius 1 is 1.45 bits per heavy atom. The third-order valence-electron chi connectivity index (χ3n) is 2.30. The van der Waals surface area contributed by atoms with Gasteiger partial charge in [0.05, 0.1) is 18.4 Å². The Labute approximate surface area is 117 Å². The molecule has 1 rings (SSSR count). The van der Waals surface area contributed by atoms with Crippen molar-refractivity contribution in [2.45, 2.75) is 11.3 Å². The molecule has 0 radical (unpaired) electrons. The first-order chi connectivity index (χ1) is 9.49. The maximum Gasteiger partial charge on any atom is 0.306 e. The maximum atomic E-state index is 12.0. The highest BCUT2D eigenvalue weighted by Crippen LogP contribution is 2.10. The second-order valence-electron chi connectivity index (χ2n) is 3.71. The first kappa shape index (κ1) is 16.2. The maximum absolute atomic E-state index is 12.0. The number of esters is 1. The van der Waals surface area contributed by atoms with Gasteiger partial charge in [-0.25, -0.2) is 13.1 Å². The SMILES string of the molecule is COC(=O)CCNS(=O)(=O)c1cccc(C#CCO)c1. The summed E-state index contributed by atoms with van der Waals surface area (Å²) in [5, 5.41) is 8.60. The number of rotatable bonds is 5. The average molecular weight is 297 g/mol. The lowest BCUT2D eigenvalue weighted by atomic mass is 10.2. The zero-order valence-corrected chi connectivity index (χ0v) is 11.7. The van der Waals surface area contributed by atoms with Crippen LogP contribution in [0.5, 0.6) is 0 Å². The van der Waals surface area contributed by atoms with Crippen molar-refractivity contribution in [1.82, 2.24) is 4.72 Å². The van der Waals surface area contributed by atoms with E-state index in [9.17, 15) is 13.2 Å².